The SMILES string of the molecule is CC[C@H](O)c1ccc(C)o1. The normalized spacial score (nSPS) is 13.5. The molecule has 0 aliphatic heterocycles. The lowest BCUT2D eigenvalue weighted by Gasteiger charge is -2.01. The molecule has 0 radical (unpaired) electrons. The lowest BCUT2D eigenvalue weighted by molar-refractivity contribution is 0.144. The van der Waals surface area contributed by atoms with E-state index in [1.807, 2.05) is 26.0 Å². The third kappa shape index (κ3) is 1.39. The van der Waals surface area contributed by atoms with E-state index in [1.165, 1.54) is 0 Å². The van der Waals surface area contributed by atoms with Gasteiger partial charge in [0.25, 0.3) is 0 Å². The Kier molecular flexibility index (Phi) is 2.12. The van der Waals surface area contributed by atoms with Crippen LogP contribution >= 0.6 is 0 Å². The highest BCUT2D eigenvalue weighted by Gasteiger charge is 2.07. The van der Waals surface area contributed by atoms with Crippen LogP contribution in [0.25, 0.3) is 0 Å². The van der Waals surface area contributed by atoms with Gasteiger partial charge < -0.3 is 9.52 Å². The van der Waals surface area contributed by atoms with Crippen LogP contribution < -0.4 is 0 Å². The largest absolute Gasteiger partial charge is 0.464 e. The van der Waals surface area contributed by atoms with Crippen molar-refractivity contribution in [1.82, 2.24) is 0 Å². The summed E-state index contributed by atoms with van der Waals surface area (Å²) in [5.74, 6) is 1.52. The minimum Gasteiger partial charge on any atom is -0.464 e. The summed E-state index contributed by atoms with van der Waals surface area (Å²) < 4.78 is 5.19. The quantitative estimate of drug-likeness (QED) is 0.681. The number of hydrogen-bond acceptors (Lipinski definition) is 2. The Morgan fingerprint density at radius 1 is 1.60 bits per heavy atom. The number of aliphatic hydroxyl groups is 1. The van der Waals surface area contributed by atoms with Gasteiger partial charge >= 0.3 is 0 Å². The Balaban J connectivity index is 2.74. The maximum Gasteiger partial charge on any atom is 0.132 e. The fraction of sp³-hybridized carbons (Fsp3) is 0.500. The van der Waals surface area contributed by atoms with E-state index in [0.29, 0.717) is 12.2 Å². The average molecular weight is 140 g/mol. The maximum atomic E-state index is 9.25. The van der Waals surface area contributed by atoms with Crippen molar-refractivity contribution >= 4 is 0 Å². The van der Waals surface area contributed by atoms with Crippen molar-refractivity contribution in [1.29, 1.82) is 0 Å². The first kappa shape index (κ1) is 7.35. The van der Waals surface area contributed by atoms with Crippen LogP contribution in [0.15, 0.2) is 16.5 Å². The smallest absolute Gasteiger partial charge is 0.132 e. The van der Waals surface area contributed by atoms with Crippen LogP contribution in [0.2, 0.25) is 0 Å². The molecule has 0 spiro atoms. The molecule has 0 unspecified atom stereocenters. The highest BCUT2D eigenvalue weighted by atomic mass is 16.4. The van der Waals surface area contributed by atoms with Crippen molar-refractivity contribution in [2.24, 2.45) is 0 Å². The zero-order valence-corrected chi connectivity index (χ0v) is 6.29. The summed E-state index contributed by atoms with van der Waals surface area (Å²) in [5.41, 5.74) is 0. The lowest BCUT2D eigenvalue weighted by Crippen LogP contribution is -1.91. The van der Waals surface area contributed by atoms with Gasteiger partial charge in [-0.05, 0) is 25.5 Å². The van der Waals surface area contributed by atoms with Gasteiger partial charge in [-0.2, -0.15) is 0 Å². The molecule has 2 heteroatoms. The molecule has 0 saturated carbocycles. The highest BCUT2D eigenvalue weighted by Crippen LogP contribution is 2.17. The summed E-state index contributed by atoms with van der Waals surface area (Å²) in [6, 6.07) is 3.66. The summed E-state index contributed by atoms with van der Waals surface area (Å²) in [6.45, 7) is 3.79. The first-order valence-electron chi connectivity index (χ1n) is 3.48. The lowest BCUT2D eigenvalue weighted by atomic mass is 10.2. The van der Waals surface area contributed by atoms with Crippen molar-refractivity contribution in [2.45, 2.75) is 26.4 Å². The molecule has 0 amide bonds. The van der Waals surface area contributed by atoms with Crippen LogP contribution in [0.3, 0.4) is 0 Å². The van der Waals surface area contributed by atoms with Crippen molar-refractivity contribution in [3.8, 4) is 0 Å². The molecule has 0 bridgehead atoms. The molecule has 1 aromatic rings. The van der Waals surface area contributed by atoms with Gasteiger partial charge in [0, 0.05) is 0 Å². The van der Waals surface area contributed by atoms with E-state index in [2.05, 4.69) is 0 Å². The minimum atomic E-state index is -0.436. The molecular formula is C8H12O2. The molecule has 0 aliphatic rings. The molecule has 0 fully saturated rings. The number of furan rings is 1. The van der Waals surface area contributed by atoms with Gasteiger partial charge in [-0.1, -0.05) is 6.92 Å². The summed E-state index contributed by atoms with van der Waals surface area (Å²) >= 11 is 0. The molecular weight excluding hydrogens is 128 g/mol. The molecule has 10 heavy (non-hydrogen) atoms. The van der Waals surface area contributed by atoms with E-state index in [1.54, 1.807) is 0 Å². The summed E-state index contributed by atoms with van der Waals surface area (Å²) in [4.78, 5) is 0. The van der Waals surface area contributed by atoms with Crippen LogP contribution in [0.1, 0.15) is 31.0 Å². The Morgan fingerprint density at radius 2 is 2.30 bits per heavy atom. The van der Waals surface area contributed by atoms with Gasteiger partial charge in [-0.25, -0.2) is 0 Å². The van der Waals surface area contributed by atoms with E-state index in [4.69, 9.17) is 4.42 Å². The summed E-state index contributed by atoms with van der Waals surface area (Å²) in [5, 5.41) is 9.25. The molecule has 0 aliphatic carbocycles. The number of rotatable bonds is 2. The van der Waals surface area contributed by atoms with Crippen molar-refractivity contribution in [3.63, 3.8) is 0 Å². The fourth-order valence-corrected chi connectivity index (χ4v) is 0.834. The number of hydrogen-bond donors (Lipinski definition) is 1. The van der Waals surface area contributed by atoms with Crippen molar-refractivity contribution < 1.29 is 9.52 Å². The van der Waals surface area contributed by atoms with Gasteiger partial charge in [0.1, 0.15) is 17.6 Å². The first-order chi connectivity index (χ1) is 4.74. The molecule has 1 rings (SSSR count). The topological polar surface area (TPSA) is 33.4 Å². The van der Waals surface area contributed by atoms with Gasteiger partial charge in [-0.3, -0.25) is 0 Å². The van der Waals surface area contributed by atoms with Gasteiger partial charge in [-0.15, -0.1) is 0 Å². The monoisotopic (exact) mass is 140 g/mol. The van der Waals surface area contributed by atoms with E-state index in [0.717, 1.165) is 5.76 Å². The van der Waals surface area contributed by atoms with Crippen LogP contribution in [0, 0.1) is 6.92 Å². The Morgan fingerprint density at radius 3 is 2.70 bits per heavy atom. The van der Waals surface area contributed by atoms with Crippen molar-refractivity contribution in [2.75, 3.05) is 0 Å². The first-order valence-corrected chi connectivity index (χ1v) is 3.48. The summed E-state index contributed by atoms with van der Waals surface area (Å²) in [7, 11) is 0. The second-order valence-corrected chi connectivity index (χ2v) is 2.37. The molecule has 2 nitrogen and oxygen atoms in total. The minimum absolute atomic E-state index is 0.436. The molecule has 1 N–H and O–H groups in total. The molecule has 56 valence electrons. The van der Waals surface area contributed by atoms with Gasteiger partial charge in [0.05, 0.1) is 0 Å². The second kappa shape index (κ2) is 2.88. The predicted molar refractivity (Wildman–Crippen MR) is 38.7 cm³/mol. The van der Waals surface area contributed by atoms with E-state index in [9.17, 15) is 5.11 Å². The fourth-order valence-electron chi connectivity index (χ4n) is 0.834. The number of aliphatic hydroxyl groups excluding tert-OH is 1. The highest BCUT2D eigenvalue weighted by molar-refractivity contribution is 5.07. The van der Waals surface area contributed by atoms with Crippen molar-refractivity contribution in [3.05, 3.63) is 23.7 Å². The zero-order chi connectivity index (χ0) is 7.56. The van der Waals surface area contributed by atoms with Crippen LogP contribution in [0.4, 0.5) is 0 Å². The third-order valence-electron chi connectivity index (χ3n) is 1.48. The Labute approximate surface area is 60.5 Å². The molecule has 1 heterocycles. The Bertz CT molecular complexity index is 203. The average Bonchev–Trinajstić information content (AvgIpc) is 2.34. The molecule has 1 atom stereocenters. The summed E-state index contributed by atoms with van der Waals surface area (Å²) in [6.07, 6.45) is 0.265. The van der Waals surface area contributed by atoms with Gasteiger partial charge in [0.15, 0.2) is 0 Å². The van der Waals surface area contributed by atoms with Crippen LogP contribution in [0.5, 0.6) is 0 Å². The third-order valence-corrected chi connectivity index (χ3v) is 1.48. The second-order valence-electron chi connectivity index (χ2n) is 2.37. The molecule has 0 aromatic carbocycles. The zero-order valence-electron chi connectivity index (χ0n) is 6.29. The molecule has 0 saturated heterocycles. The Hall–Kier alpha value is -0.760. The predicted octanol–water partition coefficient (Wildman–Crippen LogP) is 2.03. The standard InChI is InChI=1S/C8H12O2/c1-3-7(9)8-5-4-6(2)10-8/h4-5,7,9H,3H2,1-2H3/t7-/m0/s1. The van der Waals surface area contributed by atoms with E-state index >= 15 is 0 Å². The maximum absolute atomic E-state index is 9.25. The van der Waals surface area contributed by atoms with Gasteiger partial charge in [0.2, 0.25) is 0 Å². The van der Waals surface area contributed by atoms with Crippen LogP contribution in [-0.4, -0.2) is 5.11 Å². The van der Waals surface area contributed by atoms with E-state index < -0.39 is 6.10 Å². The molecule has 1 aromatic heterocycles. The van der Waals surface area contributed by atoms with Crippen LogP contribution in [-0.2, 0) is 0 Å². The number of aryl methyl sites for hydroxylation is 1. The van der Waals surface area contributed by atoms with E-state index in [-0.39, 0.29) is 0 Å².